The molecule has 0 spiro atoms. The molecule has 0 aromatic rings. The third-order valence-electron chi connectivity index (χ3n) is 2.18. The van der Waals surface area contributed by atoms with E-state index in [1.807, 2.05) is 0 Å². The maximum absolute atomic E-state index is 12.1. The van der Waals surface area contributed by atoms with Gasteiger partial charge in [-0.25, -0.2) is 0 Å². The number of likely N-dealkylation sites (N-methyl/N-ethyl adjacent to an activating group) is 1. The van der Waals surface area contributed by atoms with Crippen molar-refractivity contribution in [3.8, 4) is 0 Å². The number of methoxy groups -OCH3 is 1. The van der Waals surface area contributed by atoms with E-state index >= 15 is 0 Å². The predicted octanol–water partition coefficient (Wildman–Crippen LogP) is 0.467. The summed E-state index contributed by atoms with van der Waals surface area (Å²) in [5, 5.41) is 12.4. The van der Waals surface area contributed by atoms with Crippen LogP contribution in [0.3, 0.4) is 0 Å². The number of hydrogen-bond acceptors (Lipinski definition) is 4. The van der Waals surface area contributed by atoms with E-state index in [-0.39, 0.29) is 19.6 Å². The fraction of sp³-hybridized carbons (Fsp3) is 1.00. The first kappa shape index (κ1) is 16.6. The molecule has 2 N–H and O–H groups in total. The molecular weight excluding hydrogens is 237 g/mol. The predicted molar refractivity (Wildman–Crippen MR) is 58.9 cm³/mol. The molecule has 104 valence electrons. The van der Waals surface area contributed by atoms with Gasteiger partial charge in [0, 0.05) is 26.7 Å². The van der Waals surface area contributed by atoms with Crippen molar-refractivity contribution in [2.75, 3.05) is 46.4 Å². The number of alkyl halides is 3. The van der Waals surface area contributed by atoms with Gasteiger partial charge in [-0.15, -0.1) is 0 Å². The number of aliphatic hydroxyl groups excluding tert-OH is 1. The van der Waals surface area contributed by atoms with Gasteiger partial charge in [-0.2, -0.15) is 13.2 Å². The molecule has 0 bridgehead atoms. The Hall–Kier alpha value is -0.370. The molecule has 0 saturated heterocycles. The zero-order chi connectivity index (χ0) is 13.3. The quantitative estimate of drug-likeness (QED) is 0.590. The van der Waals surface area contributed by atoms with Gasteiger partial charge in [0.1, 0.15) is 0 Å². The molecule has 0 aromatic carbocycles. The minimum Gasteiger partial charge on any atom is -0.390 e. The summed E-state index contributed by atoms with van der Waals surface area (Å²) in [5.74, 6) is 0. The highest BCUT2D eigenvalue weighted by molar-refractivity contribution is 4.68. The van der Waals surface area contributed by atoms with Crippen molar-refractivity contribution in [3.63, 3.8) is 0 Å². The molecule has 1 unspecified atom stereocenters. The molecule has 0 aliphatic heterocycles. The number of rotatable bonds is 9. The largest absolute Gasteiger partial charge is 0.401 e. The third kappa shape index (κ3) is 10.5. The van der Waals surface area contributed by atoms with Gasteiger partial charge in [0.05, 0.1) is 19.3 Å². The van der Waals surface area contributed by atoms with Gasteiger partial charge >= 0.3 is 6.18 Å². The van der Waals surface area contributed by atoms with Gasteiger partial charge < -0.3 is 15.2 Å². The Morgan fingerprint density at radius 1 is 1.41 bits per heavy atom. The number of aliphatic hydroxyl groups is 1. The molecule has 0 amide bonds. The van der Waals surface area contributed by atoms with Crippen molar-refractivity contribution in [2.24, 2.45) is 0 Å². The molecule has 1 atom stereocenters. The zero-order valence-electron chi connectivity index (χ0n) is 10.3. The molecule has 0 fully saturated rings. The summed E-state index contributed by atoms with van der Waals surface area (Å²) in [6, 6.07) is 0. The Labute approximate surface area is 99.7 Å². The Morgan fingerprint density at radius 3 is 2.53 bits per heavy atom. The second-order valence-corrected chi connectivity index (χ2v) is 3.79. The van der Waals surface area contributed by atoms with Crippen LogP contribution < -0.4 is 5.32 Å². The number of halogens is 3. The van der Waals surface area contributed by atoms with Crippen LogP contribution in [-0.4, -0.2) is 68.7 Å². The highest BCUT2D eigenvalue weighted by Gasteiger charge is 2.30. The van der Waals surface area contributed by atoms with Crippen LogP contribution in [0.4, 0.5) is 13.2 Å². The van der Waals surface area contributed by atoms with Crippen molar-refractivity contribution in [2.45, 2.75) is 19.2 Å². The summed E-state index contributed by atoms with van der Waals surface area (Å²) in [5.41, 5.74) is 0. The van der Waals surface area contributed by atoms with Gasteiger partial charge in [-0.1, -0.05) is 6.92 Å². The van der Waals surface area contributed by atoms with Crippen LogP contribution in [0, 0.1) is 0 Å². The molecule has 0 aromatic heterocycles. The lowest BCUT2D eigenvalue weighted by Gasteiger charge is -2.24. The Kier molecular flexibility index (Phi) is 8.49. The van der Waals surface area contributed by atoms with Crippen LogP contribution >= 0.6 is 0 Å². The summed E-state index contributed by atoms with van der Waals surface area (Å²) in [7, 11) is 1.56. The van der Waals surface area contributed by atoms with Crippen LogP contribution in [0.5, 0.6) is 0 Å². The Balaban J connectivity index is 3.78. The molecule has 0 rings (SSSR count). The molecular formula is C10H21F3N2O2. The van der Waals surface area contributed by atoms with Crippen molar-refractivity contribution in [1.29, 1.82) is 0 Å². The average molecular weight is 258 g/mol. The molecule has 0 radical (unpaired) electrons. The van der Waals surface area contributed by atoms with Gasteiger partial charge in [0.15, 0.2) is 0 Å². The monoisotopic (exact) mass is 258 g/mol. The van der Waals surface area contributed by atoms with Crippen molar-refractivity contribution < 1.29 is 23.0 Å². The summed E-state index contributed by atoms with van der Waals surface area (Å²) in [4.78, 5) is 1.17. The van der Waals surface area contributed by atoms with Crippen molar-refractivity contribution in [1.82, 2.24) is 10.2 Å². The van der Waals surface area contributed by atoms with Gasteiger partial charge in [0.2, 0.25) is 0 Å². The number of nitrogens with one attached hydrogen (secondary N) is 1. The van der Waals surface area contributed by atoms with Crippen LogP contribution in [0.2, 0.25) is 0 Å². The lowest BCUT2D eigenvalue weighted by Crippen LogP contribution is -2.42. The normalized spacial score (nSPS) is 14.3. The number of nitrogens with zero attached hydrogens (tertiary/aromatic N) is 1. The lowest BCUT2D eigenvalue weighted by molar-refractivity contribution is -0.147. The second kappa shape index (κ2) is 8.68. The first-order valence-corrected chi connectivity index (χ1v) is 5.56. The van der Waals surface area contributed by atoms with Crippen molar-refractivity contribution >= 4 is 0 Å². The summed E-state index contributed by atoms with van der Waals surface area (Å²) < 4.78 is 41.2. The topological polar surface area (TPSA) is 44.7 Å². The van der Waals surface area contributed by atoms with E-state index in [4.69, 9.17) is 4.74 Å². The van der Waals surface area contributed by atoms with Crippen LogP contribution in [-0.2, 0) is 4.74 Å². The van der Waals surface area contributed by atoms with Gasteiger partial charge in [-0.3, -0.25) is 4.90 Å². The summed E-state index contributed by atoms with van der Waals surface area (Å²) in [6.07, 6.45) is -5.03. The first-order valence-electron chi connectivity index (χ1n) is 5.56. The minimum atomic E-state index is -4.22. The van der Waals surface area contributed by atoms with E-state index < -0.39 is 18.8 Å². The molecule has 4 nitrogen and oxygen atoms in total. The van der Waals surface area contributed by atoms with E-state index in [9.17, 15) is 18.3 Å². The maximum Gasteiger partial charge on any atom is 0.401 e. The minimum absolute atomic E-state index is 0.00991. The van der Waals surface area contributed by atoms with E-state index in [1.54, 1.807) is 14.0 Å². The first-order chi connectivity index (χ1) is 7.89. The van der Waals surface area contributed by atoms with E-state index in [2.05, 4.69) is 5.32 Å². The molecule has 0 saturated carbocycles. The van der Waals surface area contributed by atoms with Gasteiger partial charge in [0.25, 0.3) is 0 Å². The standard InChI is InChI=1S/C10H21F3N2O2/c1-3-15(8-10(11,12)13)7-9(16)6-14-4-5-17-2/h9,14,16H,3-8H2,1-2H3. The van der Waals surface area contributed by atoms with Crippen LogP contribution in [0.25, 0.3) is 0 Å². The third-order valence-corrected chi connectivity index (χ3v) is 2.18. The molecule has 0 heterocycles. The highest BCUT2D eigenvalue weighted by atomic mass is 19.4. The van der Waals surface area contributed by atoms with Crippen LogP contribution in [0.1, 0.15) is 6.92 Å². The maximum atomic E-state index is 12.1. The molecule has 17 heavy (non-hydrogen) atoms. The fourth-order valence-electron chi connectivity index (χ4n) is 1.36. The Bertz CT molecular complexity index is 191. The average Bonchev–Trinajstić information content (AvgIpc) is 2.21. The number of hydrogen-bond donors (Lipinski definition) is 2. The number of ether oxygens (including phenoxy) is 1. The van der Waals surface area contributed by atoms with E-state index in [0.717, 1.165) is 0 Å². The SMILES string of the molecule is CCN(CC(O)CNCCOC)CC(F)(F)F. The smallest absolute Gasteiger partial charge is 0.390 e. The summed E-state index contributed by atoms with van der Waals surface area (Å²) in [6.45, 7) is 2.25. The second-order valence-electron chi connectivity index (χ2n) is 3.79. The van der Waals surface area contributed by atoms with Gasteiger partial charge in [-0.05, 0) is 6.54 Å². The zero-order valence-corrected chi connectivity index (χ0v) is 10.3. The van der Waals surface area contributed by atoms with Crippen LogP contribution in [0.15, 0.2) is 0 Å². The van der Waals surface area contributed by atoms with E-state index in [1.165, 1.54) is 4.90 Å². The lowest BCUT2D eigenvalue weighted by atomic mass is 10.3. The summed E-state index contributed by atoms with van der Waals surface area (Å²) >= 11 is 0. The molecule has 7 heteroatoms. The van der Waals surface area contributed by atoms with Crippen molar-refractivity contribution in [3.05, 3.63) is 0 Å². The molecule has 0 aliphatic rings. The molecule has 0 aliphatic carbocycles. The fourth-order valence-corrected chi connectivity index (χ4v) is 1.36. The Morgan fingerprint density at radius 2 is 2.06 bits per heavy atom. The van der Waals surface area contributed by atoms with E-state index in [0.29, 0.717) is 13.2 Å². The highest BCUT2D eigenvalue weighted by Crippen LogP contribution is 2.16.